The van der Waals surface area contributed by atoms with Crippen LogP contribution in [0, 0.1) is 0 Å². The van der Waals surface area contributed by atoms with E-state index in [2.05, 4.69) is 17.2 Å². The topological polar surface area (TPSA) is 43.4 Å². The number of hydrogen-bond acceptors (Lipinski definition) is 5. The molecule has 0 fully saturated rings. The first-order chi connectivity index (χ1) is 10.2. The monoisotopic (exact) mass is 326 g/mol. The maximum absolute atomic E-state index is 6.41. The average molecular weight is 327 g/mol. The van der Waals surface area contributed by atoms with Crippen molar-refractivity contribution in [2.24, 2.45) is 0 Å². The minimum absolute atomic E-state index is 0.527. The molecule has 2 aromatic rings. The van der Waals surface area contributed by atoms with E-state index in [1.165, 1.54) is 0 Å². The molecule has 0 atom stereocenters. The van der Waals surface area contributed by atoms with Gasteiger partial charge in [-0.1, -0.05) is 18.5 Å². The zero-order valence-electron chi connectivity index (χ0n) is 12.4. The molecule has 1 heterocycles. The van der Waals surface area contributed by atoms with Crippen LogP contribution in [0.2, 0.25) is 5.02 Å². The van der Waals surface area contributed by atoms with Crippen molar-refractivity contribution in [1.82, 2.24) is 10.3 Å². The molecule has 0 unspecified atom stereocenters. The summed E-state index contributed by atoms with van der Waals surface area (Å²) in [5.74, 6) is 1.16. The van der Waals surface area contributed by atoms with Gasteiger partial charge in [-0.15, -0.1) is 11.3 Å². The standard InChI is InChI=1S/C15H19ClN2O2S/c1-4-7-17-8-10-9-21-15(18-10)11-5-6-12(19-2)14(20-3)13(11)16/h5-6,9,17H,4,7-8H2,1-3H3. The Morgan fingerprint density at radius 3 is 2.76 bits per heavy atom. The molecule has 0 saturated heterocycles. The summed E-state index contributed by atoms with van der Waals surface area (Å²) in [6, 6.07) is 3.75. The number of halogens is 1. The third kappa shape index (κ3) is 3.67. The summed E-state index contributed by atoms with van der Waals surface area (Å²) in [4.78, 5) is 4.62. The van der Waals surface area contributed by atoms with Crippen LogP contribution >= 0.6 is 22.9 Å². The zero-order valence-corrected chi connectivity index (χ0v) is 14.0. The van der Waals surface area contributed by atoms with Crippen molar-refractivity contribution < 1.29 is 9.47 Å². The van der Waals surface area contributed by atoms with Gasteiger partial charge < -0.3 is 14.8 Å². The fourth-order valence-electron chi connectivity index (χ4n) is 1.96. The summed E-state index contributed by atoms with van der Waals surface area (Å²) in [5.41, 5.74) is 1.88. The second-order valence-electron chi connectivity index (χ2n) is 4.48. The van der Waals surface area contributed by atoms with Gasteiger partial charge in [-0.2, -0.15) is 0 Å². The highest BCUT2D eigenvalue weighted by Crippen LogP contribution is 2.42. The van der Waals surface area contributed by atoms with Crippen molar-refractivity contribution in [1.29, 1.82) is 0 Å². The van der Waals surface area contributed by atoms with Crippen molar-refractivity contribution in [3.8, 4) is 22.1 Å². The predicted molar refractivity (Wildman–Crippen MR) is 87.7 cm³/mol. The summed E-state index contributed by atoms with van der Waals surface area (Å²) in [6.07, 6.45) is 1.11. The molecular weight excluding hydrogens is 308 g/mol. The molecule has 1 N–H and O–H groups in total. The van der Waals surface area contributed by atoms with E-state index in [0.717, 1.165) is 35.8 Å². The molecule has 0 aliphatic rings. The summed E-state index contributed by atoms with van der Waals surface area (Å²) in [7, 11) is 3.17. The third-order valence-corrected chi connectivity index (χ3v) is 4.30. The van der Waals surface area contributed by atoms with Gasteiger partial charge in [-0.25, -0.2) is 4.98 Å². The van der Waals surface area contributed by atoms with Gasteiger partial charge >= 0.3 is 0 Å². The number of thiazole rings is 1. The Bertz CT molecular complexity index is 601. The lowest BCUT2D eigenvalue weighted by atomic mass is 10.2. The molecule has 4 nitrogen and oxygen atoms in total. The van der Waals surface area contributed by atoms with E-state index in [4.69, 9.17) is 21.1 Å². The minimum atomic E-state index is 0.527. The van der Waals surface area contributed by atoms with Gasteiger partial charge in [0, 0.05) is 17.5 Å². The predicted octanol–water partition coefficient (Wildman–Crippen LogP) is 3.98. The van der Waals surface area contributed by atoms with Crippen molar-refractivity contribution >= 4 is 22.9 Å². The summed E-state index contributed by atoms with van der Waals surface area (Å²) in [5, 5.41) is 6.80. The first-order valence-electron chi connectivity index (χ1n) is 6.77. The molecule has 0 spiro atoms. The maximum Gasteiger partial charge on any atom is 0.180 e. The molecule has 0 bridgehead atoms. The molecule has 0 radical (unpaired) electrons. The molecule has 6 heteroatoms. The van der Waals surface area contributed by atoms with Crippen LogP contribution in [0.1, 0.15) is 19.0 Å². The lowest BCUT2D eigenvalue weighted by molar-refractivity contribution is 0.355. The number of nitrogens with one attached hydrogen (secondary N) is 1. The van der Waals surface area contributed by atoms with Gasteiger partial charge in [0.1, 0.15) is 5.01 Å². The number of ether oxygens (including phenoxy) is 2. The number of aromatic nitrogens is 1. The normalized spacial score (nSPS) is 10.7. The van der Waals surface area contributed by atoms with E-state index >= 15 is 0 Å². The molecular formula is C15H19ClN2O2S. The van der Waals surface area contributed by atoms with Crippen LogP contribution in [-0.4, -0.2) is 25.7 Å². The quantitative estimate of drug-likeness (QED) is 0.782. The van der Waals surface area contributed by atoms with Crippen molar-refractivity contribution in [3.63, 3.8) is 0 Å². The Kier molecular flexibility index (Phi) is 5.85. The molecule has 21 heavy (non-hydrogen) atoms. The molecule has 0 aliphatic carbocycles. The van der Waals surface area contributed by atoms with E-state index in [9.17, 15) is 0 Å². The zero-order chi connectivity index (χ0) is 15.2. The third-order valence-electron chi connectivity index (χ3n) is 3.00. The SMILES string of the molecule is CCCNCc1csc(-c2ccc(OC)c(OC)c2Cl)n1. The van der Waals surface area contributed by atoms with E-state index in [1.54, 1.807) is 25.6 Å². The van der Waals surface area contributed by atoms with Crippen LogP contribution in [0.5, 0.6) is 11.5 Å². The lowest BCUT2D eigenvalue weighted by Gasteiger charge is -2.11. The Balaban J connectivity index is 2.26. The number of benzene rings is 1. The van der Waals surface area contributed by atoms with Gasteiger partial charge in [0.05, 0.1) is 24.9 Å². The van der Waals surface area contributed by atoms with Crippen LogP contribution in [0.25, 0.3) is 10.6 Å². The van der Waals surface area contributed by atoms with Gasteiger partial charge in [0.2, 0.25) is 0 Å². The Labute approximate surface area is 134 Å². The smallest absolute Gasteiger partial charge is 0.180 e. The fraction of sp³-hybridized carbons (Fsp3) is 0.400. The number of rotatable bonds is 7. The van der Waals surface area contributed by atoms with E-state index < -0.39 is 0 Å². The van der Waals surface area contributed by atoms with Crippen LogP contribution in [0.15, 0.2) is 17.5 Å². The van der Waals surface area contributed by atoms with Gasteiger partial charge in [0.15, 0.2) is 11.5 Å². The van der Waals surface area contributed by atoms with E-state index in [1.807, 2.05) is 17.5 Å². The molecule has 1 aromatic carbocycles. The van der Waals surface area contributed by atoms with Crippen LogP contribution < -0.4 is 14.8 Å². The van der Waals surface area contributed by atoms with Crippen molar-refractivity contribution in [3.05, 3.63) is 28.2 Å². The first kappa shape index (κ1) is 16.1. The second-order valence-corrected chi connectivity index (χ2v) is 5.72. The largest absolute Gasteiger partial charge is 0.493 e. The maximum atomic E-state index is 6.41. The molecule has 0 amide bonds. The van der Waals surface area contributed by atoms with Gasteiger partial charge in [-0.3, -0.25) is 0 Å². The Morgan fingerprint density at radius 2 is 2.10 bits per heavy atom. The molecule has 1 aromatic heterocycles. The number of methoxy groups -OCH3 is 2. The van der Waals surface area contributed by atoms with Crippen LogP contribution in [-0.2, 0) is 6.54 Å². The highest BCUT2D eigenvalue weighted by molar-refractivity contribution is 7.13. The number of hydrogen-bond donors (Lipinski definition) is 1. The Hall–Kier alpha value is -1.30. The first-order valence-corrected chi connectivity index (χ1v) is 8.03. The lowest BCUT2D eigenvalue weighted by Crippen LogP contribution is -2.13. The highest BCUT2D eigenvalue weighted by Gasteiger charge is 2.16. The van der Waals surface area contributed by atoms with Crippen LogP contribution in [0.3, 0.4) is 0 Å². The Morgan fingerprint density at radius 1 is 1.29 bits per heavy atom. The molecule has 0 saturated carbocycles. The highest BCUT2D eigenvalue weighted by atomic mass is 35.5. The van der Waals surface area contributed by atoms with E-state index in [0.29, 0.717) is 16.5 Å². The number of nitrogens with zero attached hydrogens (tertiary/aromatic N) is 1. The van der Waals surface area contributed by atoms with Gasteiger partial charge in [-0.05, 0) is 25.1 Å². The summed E-state index contributed by atoms with van der Waals surface area (Å²) < 4.78 is 10.6. The van der Waals surface area contributed by atoms with Crippen molar-refractivity contribution in [2.45, 2.75) is 19.9 Å². The molecule has 0 aliphatic heterocycles. The fourth-order valence-corrected chi connectivity index (χ4v) is 3.19. The van der Waals surface area contributed by atoms with Crippen molar-refractivity contribution in [2.75, 3.05) is 20.8 Å². The molecule has 2 rings (SSSR count). The summed E-state index contributed by atoms with van der Waals surface area (Å²) in [6.45, 7) is 3.90. The van der Waals surface area contributed by atoms with Crippen LogP contribution in [0.4, 0.5) is 0 Å². The van der Waals surface area contributed by atoms with E-state index in [-0.39, 0.29) is 0 Å². The minimum Gasteiger partial charge on any atom is -0.493 e. The average Bonchev–Trinajstić information content (AvgIpc) is 2.95. The van der Waals surface area contributed by atoms with Gasteiger partial charge in [0.25, 0.3) is 0 Å². The molecule has 114 valence electrons. The summed E-state index contributed by atoms with van der Waals surface area (Å²) >= 11 is 7.99. The second kappa shape index (κ2) is 7.64.